The van der Waals surface area contributed by atoms with E-state index in [0.717, 1.165) is 31.5 Å². The van der Waals surface area contributed by atoms with Crippen molar-refractivity contribution in [3.05, 3.63) is 59.7 Å². The standard InChI is InChI=1S/C23H30N4O4S/c24-32(29,30)19-8-9-21(27-12-14-31-15-13-27)20(16-19)23(28)25-17-22(26-10-4-5-11-26)18-6-2-1-3-7-18/h1-3,6-9,16,22H,4-5,10-15,17H2,(H,25,28)(H2,24,29,30). The number of nitrogens with one attached hydrogen (secondary N) is 1. The number of hydrogen-bond donors (Lipinski definition) is 2. The van der Waals surface area contributed by atoms with Crippen LogP contribution in [0.2, 0.25) is 0 Å². The average Bonchev–Trinajstić information content (AvgIpc) is 3.34. The maximum absolute atomic E-state index is 13.3. The Morgan fingerprint density at radius 3 is 2.38 bits per heavy atom. The van der Waals surface area contributed by atoms with Gasteiger partial charge in [-0.1, -0.05) is 30.3 Å². The fourth-order valence-corrected chi connectivity index (χ4v) is 4.96. The van der Waals surface area contributed by atoms with Crippen molar-refractivity contribution < 1.29 is 17.9 Å². The van der Waals surface area contributed by atoms with Crippen LogP contribution in [0.1, 0.15) is 34.8 Å². The van der Waals surface area contributed by atoms with E-state index in [4.69, 9.17) is 9.88 Å². The summed E-state index contributed by atoms with van der Waals surface area (Å²) < 4.78 is 29.3. The number of morpholine rings is 1. The number of hydrogen-bond acceptors (Lipinski definition) is 6. The number of benzene rings is 2. The van der Waals surface area contributed by atoms with Crippen LogP contribution in [0.3, 0.4) is 0 Å². The lowest BCUT2D eigenvalue weighted by atomic mass is 10.0. The van der Waals surface area contributed by atoms with Crippen LogP contribution in [-0.4, -0.2) is 65.2 Å². The lowest BCUT2D eigenvalue weighted by Gasteiger charge is -2.31. The molecule has 1 atom stereocenters. The summed E-state index contributed by atoms with van der Waals surface area (Å²) in [4.78, 5) is 17.7. The summed E-state index contributed by atoms with van der Waals surface area (Å²) in [5, 5.41) is 8.39. The van der Waals surface area contributed by atoms with Crippen molar-refractivity contribution in [3.63, 3.8) is 0 Å². The predicted molar refractivity (Wildman–Crippen MR) is 123 cm³/mol. The van der Waals surface area contributed by atoms with E-state index in [9.17, 15) is 13.2 Å². The molecule has 2 fully saturated rings. The van der Waals surface area contributed by atoms with Gasteiger partial charge in [0.15, 0.2) is 0 Å². The summed E-state index contributed by atoms with van der Waals surface area (Å²) in [5.74, 6) is -0.308. The first-order valence-electron chi connectivity index (χ1n) is 11.0. The zero-order chi connectivity index (χ0) is 22.6. The summed E-state index contributed by atoms with van der Waals surface area (Å²) in [5.41, 5.74) is 2.16. The Hall–Kier alpha value is -2.46. The van der Waals surface area contributed by atoms with Gasteiger partial charge in [0.2, 0.25) is 10.0 Å². The van der Waals surface area contributed by atoms with E-state index in [2.05, 4.69) is 22.3 Å². The molecule has 8 nitrogen and oxygen atoms in total. The Labute approximate surface area is 189 Å². The maximum Gasteiger partial charge on any atom is 0.253 e. The van der Waals surface area contributed by atoms with Gasteiger partial charge >= 0.3 is 0 Å². The third kappa shape index (κ3) is 5.29. The molecule has 0 aliphatic carbocycles. The van der Waals surface area contributed by atoms with E-state index < -0.39 is 10.0 Å². The SMILES string of the molecule is NS(=O)(=O)c1ccc(N2CCOCC2)c(C(=O)NCC(c2ccccc2)N2CCCC2)c1. The van der Waals surface area contributed by atoms with Crippen molar-refractivity contribution in [1.82, 2.24) is 10.2 Å². The van der Waals surface area contributed by atoms with Crippen molar-refractivity contribution in [1.29, 1.82) is 0 Å². The molecule has 2 aromatic rings. The molecule has 172 valence electrons. The van der Waals surface area contributed by atoms with E-state index in [1.54, 1.807) is 6.07 Å². The monoisotopic (exact) mass is 458 g/mol. The third-order valence-electron chi connectivity index (χ3n) is 6.11. The summed E-state index contributed by atoms with van der Waals surface area (Å²) in [6.07, 6.45) is 2.30. The van der Waals surface area contributed by atoms with Crippen molar-refractivity contribution in [2.24, 2.45) is 5.14 Å². The molecule has 2 heterocycles. The number of carbonyl (C=O) groups is 1. The van der Waals surface area contributed by atoms with Crippen LogP contribution in [-0.2, 0) is 14.8 Å². The van der Waals surface area contributed by atoms with E-state index in [1.165, 1.54) is 12.1 Å². The lowest BCUT2D eigenvalue weighted by molar-refractivity contribution is 0.0936. The largest absolute Gasteiger partial charge is 0.378 e. The topological polar surface area (TPSA) is 105 Å². The molecule has 2 aliphatic rings. The van der Waals surface area contributed by atoms with Crippen LogP contribution < -0.4 is 15.4 Å². The van der Waals surface area contributed by atoms with E-state index in [0.29, 0.717) is 44.1 Å². The molecule has 2 saturated heterocycles. The van der Waals surface area contributed by atoms with Crippen LogP contribution in [0.25, 0.3) is 0 Å². The first kappa shape index (κ1) is 22.7. The second-order valence-electron chi connectivity index (χ2n) is 8.20. The zero-order valence-electron chi connectivity index (χ0n) is 18.1. The molecular weight excluding hydrogens is 428 g/mol. The minimum Gasteiger partial charge on any atom is -0.378 e. The maximum atomic E-state index is 13.3. The molecule has 0 radical (unpaired) electrons. The molecule has 1 amide bonds. The number of likely N-dealkylation sites (tertiary alicyclic amines) is 1. The van der Waals surface area contributed by atoms with Gasteiger partial charge in [0.05, 0.1) is 29.7 Å². The molecule has 1 unspecified atom stereocenters. The van der Waals surface area contributed by atoms with Gasteiger partial charge in [0.1, 0.15) is 0 Å². The Bertz CT molecular complexity index is 1030. The highest BCUT2D eigenvalue weighted by Crippen LogP contribution is 2.27. The molecule has 0 saturated carbocycles. The van der Waals surface area contributed by atoms with Gasteiger partial charge in [-0.3, -0.25) is 9.69 Å². The molecule has 0 spiro atoms. The molecule has 32 heavy (non-hydrogen) atoms. The van der Waals surface area contributed by atoms with E-state index in [1.807, 2.05) is 23.1 Å². The van der Waals surface area contributed by atoms with Gasteiger partial charge in [-0.15, -0.1) is 0 Å². The predicted octanol–water partition coefficient (Wildman–Crippen LogP) is 1.74. The van der Waals surface area contributed by atoms with Gasteiger partial charge in [-0.25, -0.2) is 13.6 Å². The zero-order valence-corrected chi connectivity index (χ0v) is 18.9. The first-order valence-corrected chi connectivity index (χ1v) is 12.5. The van der Waals surface area contributed by atoms with Gasteiger partial charge < -0.3 is 15.0 Å². The minimum atomic E-state index is -3.93. The average molecular weight is 459 g/mol. The molecule has 0 aromatic heterocycles. The summed E-state index contributed by atoms with van der Waals surface area (Å²) in [6.45, 7) is 4.81. The number of primary sulfonamides is 1. The summed E-state index contributed by atoms with van der Waals surface area (Å²) in [7, 11) is -3.93. The quantitative estimate of drug-likeness (QED) is 0.655. The fraction of sp³-hybridized carbons (Fsp3) is 0.435. The lowest BCUT2D eigenvalue weighted by Crippen LogP contribution is -2.39. The van der Waals surface area contributed by atoms with Crippen LogP contribution in [0.4, 0.5) is 5.69 Å². The highest BCUT2D eigenvalue weighted by Gasteiger charge is 2.26. The Kier molecular flexibility index (Phi) is 7.10. The van der Waals surface area contributed by atoms with E-state index in [-0.39, 0.29) is 16.8 Å². The molecule has 3 N–H and O–H groups in total. The minimum absolute atomic E-state index is 0.0657. The third-order valence-corrected chi connectivity index (χ3v) is 7.03. The fourth-order valence-electron chi connectivity index (χ4n) is 4.42. The Morgan fingerprint density at radius 1 is 1.03 bits per heavy atom. The van der Waals surface area contributed by atoms with E-state index >= 15 is 0 Å². The molecular formula is C23H30N4O4S. The van der Waals surface area contributed by atoms with Crippen molar-refractivity contribution in [2.45, 2.75) is 23.8 Å². The Balaban J connectivity index is 1.59. The normalized spacial score (nSPS) is 18.5. The van der Waals surface area contributed by atoms with Gasteiger partial charge in [-0.2, -0.15) is 0 Å². The number of carbonyl (C=O) groups excluding carboxylic acids is 1. The number of amides is 1. The summed E-state index contributed by atoms with van der Waals surface area (Å²) >= 11 is 0. The van der Waals surface area contributed by atoms with Crippen molar-refractivity contribution >= 4 is 21.6 Å². The van der Waals surface area contributed by atoms with Crippen LogP contribution >= 0.6 is 0 Å². The second kappa shape index (κ2) is 9.99. The number of rotatable bonds is 7. The van der Waals surface area contributed by atoms with Crippen molar-refractivity contribution in [3.8, 4) is 0 Å². The number of ether oxygens (including phenoxy) is 1. The highest BCUT2D eigenvalue weighted by molar-refractivity contribution is 7.89. The molecule has 0 bridgehead atoms. The number of nitrogens with zero attached hydrogens (tertiary/aromatic N) is 2. The number of sulfonamides is 1. The van der Waals surface area contributed by atoms with Crippen molar-refractivity contribution in [2.75, 3.05) is 50.8 Å². The van der Waals surface area contributed by atoms with Gasteiger partial charge in [0.25, 0.3) is 5.91 Å². The second-order valence-corrected chi connectivity index (χ2v) is 9.76. The van der Waals surface area contributed by atoms with Crippen LogP contribution in [0.5, 0.6) is 0 Å². The van der Waals surface area contributed by atoms with Gasteiger partial charge in [-0.05, 0) is 49.7 Å². The molecule has 2 aromatic carbocycles. The first-order chi connectivity index (χ1) is 15.4. The molecule has 2 aliphatic heterocycles. The Morgan fingerprint density at radius 2 is 1.72 bits per heavy atom. The van der Waals surface area contributed by atoms with Crippen LogP contribution in [0.15, 0.2) is 53.4 Å². The van der Waals surface area contributed by atoms with Crippen LogP contribution in [0, 0.1) is 0 Å². The molecule has 9 heteroatoms. The number of nitrogens with two attached hydrogens (primary N) is 1. The number of anilines is 1. The smallest absolute Gasteiger partial charge is 0.253 e. The molecule has 4 rings (SSSR count). The van der Waals surface area contributed by atoms with Gasteiger partial charge in [0, 0.05) is 25.3 Å². The highest BCUT2D eigenvalue weighted by atomic mass is 32.2. The summed E-state index contributed by atoms with van der Waals surface area (Å²) in [6, 6.07) is 14.7.